The van der Waals surface area contributed by atoms with Gasteiger partial charge in [-0.3, -0.25) is 0 Å². The SMILES string of the molecule is O=S(=O)(c1ccc2c(c1)OCCO2)c1nc(-c2cccs2)oc1NCC1CCCO1. The molecule has 8 nitrogen and oxygen atoms in total. The quantitative estimate of drug-likeness (QED) is 0.611. The number of rotatable bonds is 6. The summed E-state index contributed by atoms with van der Waals surface area (Å²) in [6, 6.07) is 8.25. The topological polar surface area (TPSA) is 99.9 Å². The van der Waals surface area contributed by atoms with Crippen molar-refractivity contribution in [3.8, 4) is 22.3 Å². The van der Waals surface area contributed by atoms with Crippen molar-refractivity contribution in [1.82, 2.24) is 4.98 Å². The van der Waals surface area contributed by atoms with E-state index < -0.39 is 9.84 Å². The maximum absolute atomic E-state index is 13.4. The minimum Gasteiger partial charge on any atom is -0.486 e. The van der Waals surface area contributed by atoms with Crippen LogP contribution in [0.15, 0.2) is 50.1 Å². The number of ether oxygens (including phenoxy) is 3. The number of hydrogen-bond donors (Lipinski definition) is 1. The molecule has 10 heteroatoms. The average Bonchev–Trinajstić information content (AvgIpc) is 3.53. The largest absolute Gasteiger partial charge is 0.486 e. The Morgan fingerprint density at radius 3 is 2.77 bits per heavy atom. The number of oxazole rings is 1. The first-order chi connectivity index (χ1) is 14.6. The van der Waals surface area contributed by atoms with E-state index in [1.165, 1.54) is 23.5 Å². The van der Waals surface area contributed by atoms with Crippen molar-refractivity contribution in [3.63, 3.8) is 0 Å². The summed E-state index contributed by atoms with van der Waals surface area (Å²) < 4.78 is 49.4. The molecule has 0 spiro atoms. The Labute approximate surface area is 177 Å². The Morgan fingerprint density at radius 2 is 2.00 bits per heavy atom. The highest BCUT2D eigenvalue weighted by molar-refractivity contribution is 7.91. The fraction of sp³-hybridized carbons (Fsp3) is 0.350. The summed E-state index contributed by atoms with van der Waals surface area (Å²) in [4.78, 5) is 5.15. The number of thiophene rings is 1. The number of nitrogens with zero attached hydrogens (tertiary/aromatic N) is 1. The number of fused-ring (bicyclic) bond motifs is 1. The van der Waals surface area contributed by atoms with E-state index in [9.17, 15) is 8.42 Å². The minimum atomic E-state index is -3.96. The zero-order valence-corrected chi connectivity index (χ0v) is 17.6. The van der Waals surface area contributed by atoms with Crippen molar-refractivity contribution in [2.45, 2.75) is 28.9 Å². The smallest absolute Gasteiger partial charge is 0.240 e. The van der Waals surface area contributed by atoms with E-state index in [1.54, 1.807) is 6.07 Å². The lowest BCUT2D eigenvalue weighted by atomic mass is 10.2. The predicted octanol–water partition coefficient (Wildman–Crippen LogP) is 3.60. The number of hydrogen-bond acceptors (Lipinski definition) is 9. The normalized spacial score (nSPS) is 18.5. The van der Waals surface area contributed by atoms with Crippen LogP contribution in [0.3, 0.4) is 0 Å². The summed E-state index contributed by atoms with van der Waals surface area (Å²) in [6.45, 7) is 1.97. The van der Waals surface area contributed by atoms with E-state index >= 15 is 0 Å². The number of anilines is 1. The zero-order chi connectivity index (χ0) is 20.6. The maximum Gasteiger partial charge on any atom is 0.240 e. The molecule has 1 fully saturated rings. The second kappa shape index (κ2) is 7.93. The lowest BCUT2D eigenvalue weighted by Crippen LogP contribution is -2.19. The number of nitrogens with one attached hydrogen (secondary N) is 1. The van der Waals surface area contributed by atoms with E-state index in [2.05, 4.69) is 10.3 Å². The van der Waals surface area contributed by atoms with Crippen LogP contribution < -0.4 is 14.8 Å². The molecule has 5 rings (SSSR count). The minimum absolute atomic E-state index is 0.0186. The molecule has 4 heterocycles. The summed E-state index contributed by atoms with van der Waals surface area (Å²) >= 11 is 1.43. The van der Waals surface area contributed by atoms with Gasteiger partial charge < -0.3 is 23.9 Å². The Balaban J connectivity index is 1.52. The molecule has 30 heavy (non-hydrogen) atoms. The lowest BCUT2D eigenvalue weighted by Gasteiger charge is -2.18. The van der Waals surface area contributed by atoms with Crippen LogP contribution in [0.1, 0.15) is 12.8 Å². The monoisotopic (exact) mass is 448 g/mol. The van der Waals surface area contributed by atoms with Crippen LogP contribution in [0.25, 0.3) is 10.8 Å². The van der Waals surface area contributed by atoms with Gasteiger partial charge in [0.15, 0.2) is 11.5 Å². The molecule has 2 aliphatic heterocycles. The average molecular weight is 449 g/mol. The van der Waals surface area contributed by atoms with Crippen LogP contribution in [-0.2, 0) is 14.6 Å². The molecule has 1 atom stereocenters. The van der Waals surface area contributed by atoms with E-state index in [0.717, 1.165) is 17.7 Å². The molecule has 3 aromatic rings. The first-order valence-electron chi connectivity index (χ1n) is 9.66. The van der Waals surface area contributed by atoms with Crippen molar-refractivity contribution < 1.29 is 27.0 Å². The molecule has 1 N–H and O–H groups in total. The van der Waals surface area contributed by atoms with Gasteiger partial charge in [-0.25, -0.2) is 8.42 Å². The van der Waals surface area contributed by atoms with E-state index in [4.69, 9.17) is 18.6 Å². The molecule has 1 aromatic carbocycles. The third-order valence-corrected chi connectivity index (χ3v) is 7.44. The Hall–Kier alpha value is -2.56. The molecule has 0 radical (unpaired) electrons. The van der Waals surface area contributed by atoms with Gasteiger partial charge in [0.1, 0.15) is 13.2 Å². The highest BCUT2D eigenvalue weighted by Gasteiger charge is 2.31. The first-order valence-corrected chi connectivity index (χ1v) is 12.0. The Kier molecular flexibility index (Phi) is 5.13. The second-order valence-electron chi connectivity index (χ2n) is 6.96. The molecular weight excluding hydrogens is 428 g/mol. The molecule has 158 valence electrons. The van der Waals surface area contributed by atoms with E-state index in [0.29, 0.717) is 37.9 Å². The van der Waals surface area contributed by atoms with E-state index in [-0.39, 0.29) is 27.8 Å². The molecule has 2 aliphatic rings. The standard InChI is InChI=1S/C20H20N2O6S2/c23-30(24,14-5-6-15-16(11-14)27-9-8-26-15)20-19(21-12-13-3-1-7-25-13)28-18(22-20)17-4-2-10-29-17/h2,4-6,10-11,13,21H,1,3,7-9,12H2. The van der Waals surface area contributed by atoms with Crippen LogP contribution in [0.2, 0.25) is 0 Å². The number of benzene rings is 1. The van der Waals surface area contributed by atoms with Gasteiger partial charge in [0, 0.05) is 19.2 Å². The summed E-state index contributed by atoms with van der Waals surface area (Å²) in [5, 5.41) is 4.82. The third kappa shape index (κ3) is 3.66. The number of sulfone groups is 1. The molecule has 0 bridgehead atoms. The van der Waals surface area contributed by atoms with Crippen molar-refractivity contribution in [3.05, 3.63) is 35.7 Å². The van der Waals surface area contributed by atoms with E-state index in [1.807, 2.05) is 17.5 Å². The van der Waals surface area contributed by atoms with Crippen LogP contribution in [0.5, 0.6) is 11.5 Å². The molecule has 0 aliphatic carbocycles. The third-order valence-electron chi connectivity index (χ3n) is 4.92. The molecule has 0 amide bonds. The summed E-state index contributed by atoms with van der Waals surface area (Å²) in [5.41, 5.74) is 0. The first kappa shape index (κ1) is 19.4. The maximum atomic E-state index is 13.4. The lowest BCUT2D eigenvalue weighted by molar-refractivity contribution is 0.120. The van der Waals surface area contributed by atoms with Crippen LogP contribution in [0, 0.1) is 0 Å². The van der Waals surface area contributed by atoms with Crippen molar-refractivity contribution in [2.75, 3.05) is 31.7 Å². The van der Waals surface area contributed by atoms with Gasteiger partial charge in [-0.1, -0.05) is 6.07 Å². The zero-order valence-electron chi connectivity index (χ0n) is 16.0. The highest BCUT2D eigenvalue weighted by atomic mass is 32.2. The van der Waals surface area contributed by atoms with Crippen molar-refractivity contribution in [1.29, 1.82) is 0 Å². The Bertz CT molecular complexity index is 1130. The van der Waals surface area contributed by atoms with Gasteiger partial charge in [-0.05, 0) is 36.4 Å². The molecular formula is C20H20N2O6S2. The van der Waals surface area contributed by atoms with Crippen LogP contribution in [-0.4, -0.2) is 45.9 Å². The summed E-state index contributed by atoms with van der Waals surface area (Å²) in [7, 11) is -3.96. The molecule has 1 saturated heterocycles. The van der Waals surface area contributed by atoms with Gasteiger partial charge in [-0.2, -0.15) is 4.98 Å². The summed E-state index contributed by atoms with van der Waals surface area (Å²) in [6.07, 6.45) is 1.93. The second-order valence-corrected chi connectivity index (χ2v) is 9.77. The van der Waals surface area contributed by atoms with Crippen molar-refractivity contribution >= 4 is 27.1 Å². The van der Waals surface area contributed by atoms with Gasteiger partial charge in [0.2, 0.25) is 26.6 Å². The molecule has 1 unspecified atom stereocenters. The fourth-order valence-corrected chi connectivity index (χ4v) is 5.36. The highest BCUT2D eigenvalue weighted by Crippen LogP contribution is 2.37. The van der Waals surface area contributed by atoms with Gasteiger partial charge >= 0.3 is 0 Å². The molecule has 2 aromatic heterocycles. The number of aromatic nitrogens is 1. The van der Waals surface area contributed by atoms with Gasteiger partial charge in [0.25, 0.3) is 0 Å². The summed E-state index contributed by atoms with van der Waals surface area (Å²) in [5.74, 6) is 1.30. The predicted molar refractivity (Wildman–Crippen MR) is 110 cm³/mol. The fourth-order valence-electron chi connectivity index (χ4n) is 3.42. The van der Waals surface area contributed by atoms with Gasteiger partial charge in [0.05, 0.1) is 15.9 Å². The van der Waals surface area contributed by atoms with Crippen LogP contribution in [0.4, 0.5) is 5.88 Å². The molecule has 0 saturated carbocycles. The van der Waals surface area contributed by atoms with Crippen molar-refractivity contribution in [2.24, 2.45) is 0 Å². The van der Waals surface area contributed by atoms with Crippen LogP contribution >= 0.6 is 11.3 Å². The Morgan fingerprint density at radius 1 is 1.13 bits per heavy atom. The van der Waals surface area contributed by atoms with Gasteiger partial charge in [-0.15, -0.1) is 11.3 Å².